The maximum Gasteiger partial charge on any atom is 0.412 e. The molecule has 0 saturated carbocycles. The lowest BCUT2D eigenvalue weighted by Crippen LogP contribution is -2.27. The summed E-state index contributed by atoms with van der Waals surface area (Å²) in [6, 6.07) is 5.67. The van der Waals surface area contributed by atoms with Gasteiger partial charge in [0.1, 0.15) is 10.8 Å². The van der Waals surface area contributed by atoms with Crippen LogP contribution < -0.4 is 5.32 Å². The molecule has 0 radical (unpaired) electrons. The van der Waals surface area contributed by atoms with Gasteiger partial charge in [0, 0.05) is 11.8 Å². The van der Waals surface area contributed by atoms with Crippen molar-refractivity contribution in [3.05, 3.63) is 35.1 Å². The summed E-state index contributed by atoms with van der Waals surface area (Å²) >= 11 is 6.23. The molecule has 0 unspecified atom stereocenters. The summed E-state index contributed by atoms with van der Waals surface area (Å²) in [7, 11) is 0. The molecule has 4 nitrogen and oxygen atoms in total. The molecule has 5 heteroatoms. The maximum absolute atomic E-state index is 11.8. The summed E-state index contributed by atoms with van der Waals surface area (Å²) in [5.41, 5.74) is 1.81. The summed E-state index contributed by atoms with van der Waals surface area (Å²) in [5, 5.41) is 3.35. The van der Waals surface area contributed by atoms with E-state index in [4.69, 9.17) is 16.3 Å². The Balaban J connectivity index is 2.36. The molecule has 19 heavy (non-hydrogen) atoms. The average Bonchev–Trinajstić information content (AvgIpc) is 2.53. The maximum atomic E-state index is 11.8. The van der Waals surface area contributed by atoms with Gasteiger partial charge in [0.25, 0.3) is 0 Å². The predicted octanol–water partition coefficient (Wildman–Crippen LogP) is 4.25. The molecule has 0 saturated heterocycles. The number of nitrogens with one attached hydrogen (secondary N) is 1. The molecule has 0 aliphatic heterocycles. The van der Waals surface area contributed by atoms with Crippen molar-refractivity contribution in [3.8, 4) is 0 Å². The molecule has 0 aromatic carbocycles. The third-order valence-corrected chi connectivity index (χ3v) is 3.10. The molecular formula is C14H17ClN2O2. The first-order valence-corrected chi connectivity index (χ1v) is 6.42. The number of hydrogen-bond acceptors (Lipinski definition) is 2. The topological polar surface area (TPSA) is 42.7 Å². The number of hydrogen-bond donors (Lipinski definition) is 1. The summed E-state index contributed by atoms with van der Waals surface area (Å²) in [6.07, 6.45) is 1.37. The second kappa shape index (κ2) is 4.78. The van der Waals surface area contributed by atoms with Gasteiger partial charge in [-0.25, -0.2) is 4.79 Å². The van der Waals surface area contributed by atoms with Crippen LogP contribution in [-0.2, 0) is 4.74 Å². The van der Waals surface area contributed by atoms with Gasteiger partial charge in [-0.15, -0.1) is 0 Å². The van der Waals surface area contributed by atoms with Crippen LogP contribution in [-0.4, -0.2) is 16.1 Å². The van der Waals surface area contributed by atoms with Crippen molar-refractivity contribution < 1.29 is 9.53 Å². The fourth-order valence-electron chi connectivity index (χ4n) is 1.86. The zero-order chi connectivity index (χ0) is 14.2. The van der Waals surface area contributed by atoms with Gasteiger partial charge < -0.3 is 9.14 Å². The molecule has 1 N–H and O–H groups in total. The number of fused-ring (bicyclic) bond motifs is 1. The van der Waals surface area contributed by atoms with Crippen molar-refractivity contribution in [2.24, 2.45) is 0 Å². The number of ether oxygens (including phenoxy) is 1. The van der Waals surface area contributed by atoms with Gasteiger partial charge >= 0.3 is 6.09 Å². The Hall–Kier alpha value is -1.68. The molecular weight excluding hydrogens is 264 g/mol. The van der Waals surface area contributed by atoms with Gasteiger partial charge in [-0.3, -0.25) is 5.32 Å². The molecule has 0 spiro atoms. The van der Waals surface area contributed by atoms with E-state index in [1.807, 2.05) is 56.5 Å². The van der Waals surface area contributed by atoms with Crippen molar-refractivity contribution >= 4 is 28.9 Å². The predicted molar refractivity (Wildman–Crippen MR) is 77.0 cm³/mol. The second-order valence-electron chi connectivity index (χ2n) is 5.37. The van der Waals surface area contributed by atoms with Crippen molar-refractivity contribution in [1.82, 2.24) is 4.40 Å². The fraction of sp³-hybridized carbons (Fsp3) is 0.357. The number of pyridine rings is 1. The zero-order valence-electron chi connectivity index (χ0n) is 11.5. The molecule has 102 valence electrons. The molecule has 2 heterocycles. The molecule has 0 bridgehead atoms. The molecule has 0 aliphatic carbocycles. The molecule has 0 fully saturated rings. The lowest BCUT2D eigenvalue weighted by molar-refractivity contribution is 0.0636. The van der Waals surface area contributed by atoms with Gasteiger partial charge in [-0.2, -0.15) is 0 Å². The highest BCUT2D eigenvalue weighted by atomic mass is 35.5. The molecule has 2 rings (SSSR count). The van der Waals surface area contributed by atoms with Crippen LogP contribution in [0.1, 0.15) is 26.3 Å². The Labute approximate surface area is 117 Å². The minimum atomic E-state index is -0.530. The number of aromatic nitrogens is 1. The van der Waals surface area contributed by atoms with E-state index in [-0.39, 0.29) is 0 Å². The SMILES string of the molecule is Cc1c(NC(=O)OC(C)(C)C)c2ccccn2c1Cl. The van der Waals surface area contributed by atoms with E-state index in [1.165, 1.54) is 0 Å². The minimum Gasteiger partial charge on any atom is -0.444 e. The number of carbonyl (C=O) groups is 1. The first kappa shape index (κ1) is 13.7. The highest BCUT2D eigenvalue weighted by Gasteiger charge is 2.20. The lowest BCUT2D eigenvalue weighted by Gasteiger charge is -2.19. The number of carbonyl (C=O) groups excluding carboxylic acids is 1. The Morgan fingerprint density at radius 3 is 2.68 bits per heavy atom. The normalized spacial score (nSPS) is 11.6. The molecule has 2 aromatic heterocycles. The Bertz CT molecular complexity index is 626. The van der Waals surface area contributed by atoms with Crippen molar-refractivity contribution in [2.75, 3.05) is 5.32 Å². The smallest absolute Gasteiger partial charge is 0.412 e. The number of amides is 1. The molecule has 1 amide bonds. The summed E-state index contributed by atoms with van der Waals surface area (Å²) in [4.78, 5) is 11.8. The monoisotopic (exact) mass is 280 g/mol. The van der Waals surface area contributed by atoms with Crippen LogP contribution >= 0.6 is 11.6 Å². The van der Waals surface area contributed by atoms with Crippen molar-refractivity contribution in [2.45, 2.75) is 33.3 Å². The van der Waals surface area contributed by atoms with E-state index in [0.29, 0.717) is 10.8 Å². The molecule has 0 atom stereocenters. The number of rotatable bonds is 1. The molecule has 2 aromatic rings. The Morgan fingerprint density at radius 2 is 2.05 bits per heavy atom. The van der Waals surface area contributed by atoms with E-state index < -0.39 is 11.7 Å². The largest absolute Gasteiger partial charge is 0.444 e. The van der Waals surface area contributed by atoms with Crippen LogP contribution in [0.25, 0.3) is 5.52 Å². The van der Waals surface area contributed by atoms with Gasteiger partial charge in [0.15, 0.2) is 0 Å². The summed E-state index contributed by atoms with van der Waals surface area (Å²) < 4.78 is 7.08. The van der Waals surface area contributed by atoms with Crippen LogP contribution in [0.5, 0.6) is 0 Å². The Morgan fingerprint density at radius 1 is 1.37 bits per heavy atom. The average molecular weight is 281 g/mol. The number of nitrogens with zero attached hydrogens (tertiary/aromatic N) is 1. The quantitative estimate of drug-likeness (QED) is 0.848. The lowest BCUT2D eigenvalue weighted by atomic mass is 10.2. The highest BCUT2D eigenvalue weighted by molar-refractivity contribution is 6.31. The van der Waals surface area contributed by atoms with Crippen LogP contribution in [0, 0.1) is 6.92 Å². The number of anilines is 1. The minimum absolute atomic E-state index is 0.483. The van der Waals surface area contributed by atoms with Gasteiger partial charge in [-0.05, 0) is 39.8 Å². The van der Waals surface area contributed by atoms with Crippen LogP contribution in [0.2, 0.25) is 5.15 Å². The standard InChI is InChI=1S/C14H17ClN2O2/c1-9-11(16-13(18)19-14(2,3)4)10-7-5-6-8-17(10)12(9)15/h5-8H,1-4H3,(H,16,18). The van der Waals surface area contributed by atoms with Gasteiger partial charge in [0.05, 0.1) is 11.2 Å². The summed E-state index contributed by atoms with van der Waals surface area (Å²) in [6.45, 7) is 7.33. The fourth-order valence-corrected chi connectivity index (χ4v) is 2.10. The van der Waals surface area contributed by atoms with Crippen molar-refractivity contribution in [1.29, 1.82) is 0 Å². The first-order chi connectivity index (χ1) is 8.79. The van der Waals surface area contributed by atoms with E-state index in [0.717, 1.165) is 11.1 Å². The first-order valence-electron chi connectivity index (χ1n) is 6.05. The van der Waals surface area contributed by atoms with E-state index in [2.05, 4.69) is 5.32 Å². The van der Waals surface area contributed by atoms with E-state index in [1.54, 1.807) is 0 Å². The van der Waals surface area contributed by atoms with Crippen LogP contribution in [0.4, 0.5) is 10.5 Å². The highest BCUT2D eigenvalue weighted by Crippen LogP contribution is 2.31. The van der Waals surface area contributed by atoms with E-state index in [9.17, 15) is 4.79 Å². The third-order valence-electron chi connectivity index (χ3n) is 2.64. The van der Waals surface area contributed by atoms with Crippen LogP contribution in [0.3, 0.4) is 0 Å². The van der Waals surface area contributed by atoms with Crippen LogP contribution in [0.15, 0.2) is 24.4 Å². The summed E-state index contributed by atoms with van der Waals surface area (Å²) in [5.74, 6) is 0. The third kappa shape index (κ3) is 2.84. The Kier molecular flexibility index (Phi) is 3.45. The van der Waals surface area contributed by atoms with Gasteiger partial charge in [-0.1, -0.05) is 17.7 Å². The number of halogens is 1. The van der Waals surface area contributed by atoms with Gasteiger partial charge in [0.2, 0.25) is 0 Å². The second-order valence-corrected chi connectivity index (χ2v) is 5.73. The molecule has 0 aliphatic rings. The van der Waals surface area contributed by atoms with Crippen molar-refractivity contribution in [3.63, 3.8) is 0 Å². The van der Waals surface area contributed by atoms with E-state index >= 15 is 0 Å². The zero-order valence-corrected chi connectivity index (χ0v) is 12.2.